The predicted octanol–water partition coefficient (Wildman–Crippen LogP) is 5.42. The van der Waals surface area contributed by atoms with Crippen molar-refractivity contribution in [2.45, 2.75) is 50.6 Å². The lowest BCUT2D eigenvalue weighted by atomic mass is 10.1. The number of thiazole rings is 1. The van der Waals surface area contributed by atoms with E-state index in [9.17, 15) is 13.2 Å². The average Bonchev–Trinajstić information content (AvgIpc) is 3.39. The first-order valence-corrected chi connectivity index (χ1v) is 14.8. The van der Waals surface area contributed by atoms with Crippen molar-refractivity contribution < 1.29 is 17.9 Å². The molecule has 1 amide bonds. The van der Waals surface area contributed by atoms with Crippen LogP contribution in [-0.2, 0) is 16.6 Å². The molecule has 0 saturated carbocycles. The Morgan fingerprint density at radius 1 is 1.16 bits per heavy atom. The number of benzene rings is 2. The van der Waals surface area contributed by atoms with E-state index in [2.05, 4.69) is 4.98 Å². The van der Waals surface area contributed by atoms with Gasteiger partial charge in [0.2, 0.25) is 10.0 Å². The molecule has 1 aliphatic rings. The van der Waals surface area contributed by atoms with Gasteiger partial charge in [0.05, 0.1) is 23.2 Å². The molecular weight excluding hydrogens is 520 g/mol. The van der Waals surface area contributed by atoms with E-state index < -0.39 is 10.0 Å². The van der Waals surface area contributed by atoms with Gasteiger partial charge < -0.3 is 4.74 Å². The second-order valence-electron chi connectivity index (χ2n) is 9.50. The number of rotatable bonds is 7. The lowest BCUT2D eigenvalue weighted by molar-refractivity contribution is 0.0985. The Morgan fingerprint density at radius 2 is 1.95 bits per heavy atom. The van der Waals surface area contributed by atoms with Crippen molar-refractivity contribution in [1.82, 2.24) is 14.3 Å². The fourth-order valence-corrected chi connectivity index (χ4v) is 7.52. The molecule has 198 valence electrons. The summed E-state index contributed by atoms with van der Waals surface area (Å²) in [5.41, 5.74) is 2.97. The van der Waals surface area contributed by atoms with Gasteiger partial charge in [-0.05, 0) is 74.2 Å². The van der Waals surface area contributed by atoms with Crippen molar-refractivity contribution >= 4 is 42.6 Å². The van der Waals surface area contributed by atoms with E-state index in [-0.39, 0.29) is 23.4 Å². The van der Waals surface area contributed by atoms with Gasteiger partial charge in [-0.25, -0.2) is 13.4 Å². The number of anilines is 1. The van der Waals surface area contributed by atoms with Gasteiger partial charge in [0.25, 0.3) is 5.91 Å². The van der Waals surface area contributed by atoms with Crippen molar-refractivity contribution in [1.29, 1.82) is 0 Å². The molecule has 5 rings (SSSR count). The van der Waals surface area contributed by atoms with Crippen molar-refractivity contribution in [2.24, 2.45) is 0 Å². The van der Waals surface area contributed by atoms with Crippen LogP contribution < -0.4 is 9.64 Å². The summed E-state index contributed by atoms with van der Waals surface area (Å²) in [5.74, 6) is 0.364. The number of piperidine rings is 1. The van der Waals surface area contributed by atoms with Crippen molar-refractivity contribution in [3.05, 3.63) is 77.6 Å². The number of methoxy groups -OCH3 is 1. The lowest BCUT2D eigenvalue weighted by Gasteiger charge is -2.32. The minimum atomic E-state index is -3.63. The van der Waals surface area contributed by atoms with Crippen molar-refractivity contribution in [3.63, 3.8) is 0 Å². The van der Waals surface area contributed by atoms with Crippen LogP contribution in [0.1, 0.15) is 47.7 Å². The topological polar surface area (TPSA) is 92.7 Å². The van der Waals surface area contributed by atoms with Crippen LogP contribution in [0.4, 0.5) is 5.13 Å². The van der Waals surface area contributed by atoms with E-state index in [1.54, 1.807) is 40.8 Å². The summed E-state index contributed by atoms with van der Waals surface area (Å²) in [6, 6.07) is 13.8. The molecule has 38 heavy (non-hydrogen) atoms. The molecule has 0 spiro atoms. The van der Waals surface area contributed by atoms with Gasteiger partial charge in [0.15, 0.2) is 5.13 Å². The van der Waals surface area contributed by atoms with E-state index in [0.717, 1.165) is 35.1 Å². The second kappa shape index (κ2) is 10.8. The Labute approximate surface area is 227 Å². The molecule has 1 unspecified atom stereocenters. The normalized spacial score (nSPS) is 16.4. The highest BCUT2D eigenvalue weighted by Crippen LogP contribution is 2.37. The molecule has 2 aromatic heterocycles. The molecule has 4 aromatic rings. The van der Waals surface area contributed by atoms with Crippen LogP contribution in [-0.4, -0.2) is 48.3 Å². The number of aromatic nitrogens is 2. The van der Waals surface area contributed by atoms with E-state index >= 15 is 0 Å². The Hall–Kier alpha value is -3.34. The Kier molecular flexibility index (Phi) is 7.47. The standard InChI is InChI=1S/C28H30N4O4S2/c1-19-9-14-24(36-3)25-26(19)37-28(30-25)31(18-21-8-6-15-29-17-21)27(33)22-10-12-23(13-11-22)38(34,35)32-16-5-4-7-20(32)2/h6,8-15,17,20H,4-5,7,16,18H2,1-3H3. The van der Waals surface area contributed by atoms with Crippen LogP contribution in [0.5, 0.6) is 5.75 Å². The molecule has 2 aromatic carbocycles. The smallest absolute Gasteiger partial charge is 0.260 e. The molecule has 1 atom stereocenters. The fourth-order valence-electron chi connectivity index (χ4n) is 4.77. The Morgan fingerprint density at radius 3 is 2.63 bits per heavy atom. The third-order valence-electron chi connectivity index (χ3n) is 6.90. The number of fused-ring (bicyclic) bond motifs is 1. The molecule has 3 heterocycles. The molecule has 0 aliphatic carbocycles. The highest BCUT2D eigenvalue weighted by Gasteiger charge is 2.31. The summed E-state index contributed by atoms with van der Waals surface area (Å²) in [6.07, 6.45) is 6.14. The molecule has 1 aliphatic heterocycles. The molecule has 1 saturated heterocycles. The van der Waals surface area contributed by atoms with E-state index in [0.29, 0.717) is 28.5 Å². The molecule has 8 nitrogen and oxygen atoms in total. The zero-order valence-electron chi connectivity index (χ0n) is 21.6. The Bertz CT molecular complexity index is 1550. The number of hydrogen-bond donors (Lipinski definition) is 0. The van der Waals surface area contributed by atoms with Gasteiger partial charge >= 0.3 is 0 Å². The maximum atomic E-state index is 13.9. The summed E-state index contributed by atoms with van der Waals surface area (Å²) < 4.78 is 34.6. The number of carbonyl (C=O) groups is 1. The number of hydrogen-bond acceptors (Lipinski definition) is 7. The number of pyridine rings is 1. The Balaban J connectivity index is 1.50. The number of sulfonamides is 1. The predicted molar refractivity (Wildman–Crippen MR) is 149 cm³/mol. The van der Waals surface area contributed by atoms with Crippen molar-refractivity contribution in [2.75, 3.05) is 18.6 Å². The SMILES string of the molecule is COc1ccc(C)c2sc(N(Cc3cccnc3)C(=O)c3ccc(S(=O)(=O)N4CCCCC4C)cc3)nc12. The monoisotopic (exact) mass is 550 g/mol. The largest absolute Gasteiger partial charge is 0.494 e. The maximum Gasteiger partial charge on any atom is 0.260 e. The minimum absolute atomic E-state index is 0.0375. The van der Waals surface area contributed by atoms with Crippen LogP contribution in [0.25, 0.3) is 10.2 Å². The third-order valence-corrected chi connectivity index (χ3v) is 10.1. The van der Waals surface area contributed by atoms with Gasteiger partial charge in [-0.2, -0.15) is 4.31 Å². The van der Waals surface area contributed by atoms with E-state index in [4.69, 9.17) is 9.72 Å². The molecular formula is C28H30N4O4S2. The summed E-state index contributed by atoms with van der Waals surface area (Å²) >= 11 is 1.42. The summed E-state index contributed by atoms with van der Waals surface area (Å²) in [4.78, 5) is 24.6. The number of aryl methyl sites for hydroxylation is 1. The zero-order chi connectivity index (χ0) is 26.9. The molecule has 0 bridgehead atoms. The highest BCUT2D eigenvalue weighted by atomic mass is 32.2. The number of carbonyl (C=O) groups excluding carboxylic acids is 1. The van der Waals surface area contributed by atoms with Gasteiger partial charge in [0, 0.05) is 30.5 Å². The van der Waals surface area contributed by atoms with Crippen LogP contribution in [0, 0.1) is 6.92 Å². The molecule has 0 radical (unpaired) electrons. The fraction of sp³-hybridized carbons (Fsp3) is 0.321. The molecule has 10 heteroatoms. The van der Waals surface area contributed by atoms with Crippen LogP contribution in [0.2, 0.25) is 0 Å². The number of ether oxygens (including phenoxy) is 1. The minimum Gasteiger partial charge on any atom is -0.494 e. The van der Waals surface area contributed by atoms with Gasteiger partial charge in [0.1, 0.15) is 11.3 Å². The second-order valence-corrected chi connectivity index (χ2v) is 12.4. The van der Waals surface area contributed by atoms with Gasteiger partial charge in [-0.1, -0.05) is 29.9 Å². The number of amides is 1. The first-order chi connectivity index (χ1) is 18.3. The van der Waals surface area contributed by atoms with Crippen LogP contribution >= 0.6 is 11.3 Å². The van der Waals surface area contributed by atoms with Gasteiger partial charge in [-0.3, -0.25) is 14.7 Å². The first kappa shape index (κ1) is 26.3. The third kappa shape index (κ3) is 5.03. The number of nitrogens with zero attached hydrogens (tertiary/aromatic N) is 4. The lowest BCUT2D eigenvalue weighted by Crippen LogP contribution is -2.41. The zero-order valence-corrected chi connectivity index (χ0v) is 23.3. The quantitative estimate of drug-likeness (QED) is 0.305. The van der Waals surface area contributed by atoms with Crippen LogP contribution in [0.3, 0.4) is 0 Å². The maximum absolute atomic E-state index is 13.9. The van der Waals surface area contributed by atoms with E-state index in [1.165, 1.54) is 23.5 Å². The highest BCUT2D eigenvalue weighted by molar-refractivity contribution is 7.89. The summed E-state index contributed by atoms with van der Waals surface area (Å²) in [6.45, 7) is 4.72. The summed E-state index contributed by atoms with van der Waals surface area (Å²) in [7, 11) is -2.03. The average molecular weight is 551 g/mol. The van der Waals surface area contributed by atoms with Gasteiger partial charge in [-0.15, -0.1) is 0 Å². The van der Waals surface area contributed by atoms with Crippen molar-refractivity contribution in [3.8, 4) is 5.75 Å². The molecule has 1 fully saturated rings. The van der Waals surface area contributed by atoms with Crippen LogP contribution in [0.15, 0.2) is 65.8 Å². The summed E-state index contributed by atoms with van der Waals surface area (Å²) in [5, 5.41) is 0.528. The molecule has 0 N–H and O–H groups in total. The van der Waals surface area contributed by atoms with E-state index in [1.807, 2.05) is 38.1 Å². The first-order valence-electron chi connectivity index (χ1n) is 12.6.